The highest BCUT2D eigenvalue weighted by Gasteiger charge is 2.32. The molecule has 25 heavy (non-hydrogen) atoms. The number of piperidine rings is 1. The smallest absolute Gasteiger partial charge is 0.243 e. The molecule has 2 aliphatic rings. The van der Waals surface area contributed by atoms with Gasteiger partial charge < -0.3 is 0 Å². The molecule has 2 aliphatic heterocycles. The predicted molar refractivity (Wildman–Crippen MR) is 101 cm³/mol. The van der Waals surface area contributed by atoms with Crippen LogP contribution in [0, 0.1) is 6.92 Å². The number of benzene rings is 1. The minimum atomic E-state index is -3.36. The van der Waals surface area contributed by atoms with E-state index >= 15 is 0 Å². The van der Waals surface area contributed by atoms with Gasteiger partial charge in [0.05, 0.1) is 4.90 Å². The number of rotatable bonds is 3. The summed E-state index contributed by atoms with van der Waals surface area (Å²) < 4.78 is 27.4. The number of hydrogen-bond acceptors (Lipinski definition) is 4. The van der Waals surface area contributed by atoms with Gasteiger partial charge in [0.25, 0.3) is 0 Å². The van der Waals surface area contributed by atoms with E-state index in [-0.39, 0.29) is 0 Å². The predicted octanol–water partition coefficient (Wildman–Crippen LogP) is 3.27. The fourth-order valence-corrected chi connectivity index (χ4v) is 6.42. The Kier molecular flexibility index (Phi) is 4.71. The zero-order chi connectivity index (χ0) is 17.4. The summed E-state index contributed by atoms with van der Waals surface area (Å²) in [5, 5.41) is 2.19. The molecule has 2 aromatic rings. The molecule has 0 aliphatic carbocycles. The lowest BCUT2D eigenvalue weighted by molar-refractivity contribution is 0.127. The molecule has 4 rings (SSSR count). The molecule has 4 nitrogen and oxygen atoms in total. The third-order valence-corrected chi connectivity index (χ3v) is 8.32. The van der Waals surface area contributed by atoms with Crippen molar-refractivity contribution < 1.29 is 8.42 Å². The van der Waals surface area contributed by atoms with Gasteiger partial charge in [-0.2, -0.15) is 4.31 Å². The van der Waals surface area contributed by atoms with Gasteiger partial charge in [-0.25, -0.2) is 8.42 Å². The van der Waals surface area contributed by atoms with Crippen molar-refractivity contribution >= 4 is 21.4 Å². The summed E-state index contributed by atoms with van der Waals surface area (Å²) in [7, 11) is -3.36. The lowest BCUT2D eigenvalue weighted by atomic mass is 10.0. The molecule has 0 spiro atoms. The zero-order valence-corrected chi connectivity index (χ0v) is 16.2. The minimum absolute atomic E-state index is 0.423. The van der Waals surface area contributed by atoms with E-state index in [1.54, 1.807) is 16.4 Å². The molecule has 3 heterocycles. The van der Waals surface area contributed by atoms with Crippen LogP contribution in [0.2, 0.25) is 0 Å². The standard InChI is InChI=1S/C19H24N2O2S2/c1-15-3-2-4-18(13-15)25(22,23)21-10-5-17(6-11-21)20-9-7-19-16(14-20)8-12-24-19/h2-4,8,12-13,17H,5-7,9-11,14H2,1H3. The molecule has 0 atom stereocenters. The molecule has 1 aromatic heterocycles. The maximum atomic E-state index is 12.9. The van der Waals surface area contributed by atoms with Crippen LogP contribution in [0.1, 0.15) is 28.8 Å². The first-order chi connectivity index (χ1) is 12.0. The van der Waals surface area contributed by atoms with Gasteiger partial charge in [0, 0.05) is 37.1 Å². The quantitative estimate of drug-likeness (QED) is 0.825. The molecule has 1 aromatic carbocycles. The van der Waals surface area contributed by atoms with Crippen molar-refractivity contribution in [3.8, 4) is 0 Å². The van der Waals surface area contributed by atoms with Crippen molar-refractivity contribution in [3.05, 3.63) is 51.7 Å². The highest BCUT2D eigenvalue weighted by atomic mass is 32.2. The van der Waals surface area contributed by atoms with E-state index in [2.05, 4.69) is 16.3 Å². The van der Waals surface area contributed by atoms with Gasteiger partial charge >= 0.3 is 0 Å². The van der Waals surface area contributed by atoms with E-state index in [1.165, 1.54) is 10.4 Å². The van der Waals surface area contributed by atoms with E-state index in [9.17, 15) is 8.42 Å². The van der Waals surface area contributed by atoms with Gasteiger partial charge in [-0.1, -0.05) is 12.1 Å². The Morgan fingerprint density at radius 2 is 1.92 bits per heavy atom. The first-order valence-corrected chi connectivity index (χ1v) is 11.2. The molecular formula is C19H24N2O2S2. The van der Waals surface area contributed by atoms with Crippen molar-refractivity contribution in [2.75, 3.05) is 19.6 Å². The number of aryl methyl sites for hydroxylation is 1. The van der Waals surface area contributed by atoms with Crippen LogP contribution < -0.4 is 0 Å². The van der Waals surface area contributed by atoms with E-state index in [0.717, 1.165) is 37.9 Å². The molecule has 1 saturated heterocycles. The Morgan fingerprint density at radius 1 is 1.12 bits per heavy atom. The van der Waals surface area contributed by atoms with E-state index < -0.39 is 10.0 Å². The van der Waals surface area contributed by atoms with E-state index in [0.29, 0.717) is 24.0 Å². The summed E-state index contributed by atoms with van der Waals surface area (Å²) in [6.07, 6.45) is 2.98. The SMILES string of the molecule is Cc1cccc(S(=O)(=O)N2CCC(N3CCc4sccc4C3)CC2)c1. The highest BCUT2D eigenvalue weighted by Crippen LogP contribution is 2.29. The van der Waals surface area contributed by atoms with Crippen LogP contribution in [0.4, 0.5) is 0 Å². The normalized spacial score (nSPS) is 20.5. The lowest BCUT2D eigenvalue weighted by Gasteiger charge is -2.39. The summed E-state index contributed by atoms with van der Waals surface area (Å²) in [4.78, 5) is 4.49. The second-order valence-electron chi connectivity index (χ2n) is 7.04. The molecule has 1 fully saturated rings. The molecule has 134 valence electrons. The second kappa shape index (κ2) is 6.83. The number of thiophene rings is 1. The van der Waals surface area contributed by atoms with Gasteiger partial charge in [-0.05, 0) is 60.9 Å². The maximum Gasteiger partial charge on any atom is 0.243 e. The van der Waals surface area contributed by atoms with Gasteiger partial charge in [0.1, 0.15) is 0 Å². The lowest BCUT2D eigenvalue weighted by Crippen LogP contribution is -2.47. The van der Waals surface area contributed by atoms with Gasteiger partial charge in [-0.3, -0.25) is 4.90 Å². The van der Waals surface area contributed by atoms with Crippen LogP contribution in [-0.2, 0) is 23.0 Å². The average molecular weight is 377 g/mol. The van der Waals surface area contributed by atoms with E-state index in [4.69, 9.17) is 0 Å². The molecule has 0 saturated carbocycles. The second-order valence-corrected chi connectivity index (χ2v) is 9.98. The largest absolute Gasteiger partial charge is 0.296 e. The van der Waals surface area contributed by atoms with Gasteiger partial charge in [0.2, 0.25) is 10.0 Å². The zero-order valence-electron chi connectivity index (χ0n) is 14.5. The summed E-state index contributed by atoms with van der Waals surface area (Å²) in [6.45, 7) is 5.29. The topological polar surface area (TPSA) is 40.6 Å². The number of hydrogen-bond donors (Lipinski definition) is 0. The monoisotopic (exact) mass is 376 g/mol. The molecule has 0 unspecified atom stereocenters. The van der Waals surface area contributed by atoms with Crippen molar-refractivity contribution in [3.63, 3.8) is 0 Å². The Balaban J connectivity index is 1.42. The van der Waals surface area contributed by atoms with Crippen LogP contribution in [0.5, 0.6) is 0 Å². The molecule has 0 radical (unpaired) electrons. The van der Waals surface area contributed by atoms with Crippen LogP contribution >= 0.6 is 11.3 Å². The first kappa shape index (κ1) is 17.2. The van der Waals surface area contributed by atoms with Crippen LogP contribution in [0.25, 0.3) is 0 Å². The van der Waals surface area contributed by atoms with Gasteiger partial charge in [-0.15, -0.1) is 11.3 Å². The average Bonchev–Trinajstić information content (AvgIpc) is 3.09. The number of fused-ring (bicyclic) bond motifs is 1. The summed E-state index contributed by atoms with van der Waals surface area (Å²) in [6, 6.07) is 9.96. The highest BCUT2D eigenvalue weighted by molar-refractivity contribution is 7.89. The summed E-state index contributed by atoms with van der Waals surface area (Å²) in [5.74, 6) is 0. The van der Waals surface area contributed by atoms with Crippen molar-refractivity contribution in [1.82, 2.24) is 9.21 Å². The Morgan fingerprint density at radius 3 is 2.68 bits per heavy atom. The van der Waals surface area contributed by atoms with Crippen LogP contribution in [0.15, 0.2) is 40.6 Å². The number of nitrogens with zero attached hydrogens (tertiary/aromatic N) is 2. The Bertz CT molecular complexity index is 852. The fourth-order valence-electron chi connectivity index (χ4n) is 3.95. The van der Waals surface area contributed by atoms with Crippen molar-refractivity contribution in [2.45, 2.75) is 43.7 Å². The summed E-state index contributed by atoms with van der Waals surface area (Å²) >= 11 is 1.86. The summed E-state index contributed by atoms with van der Waals surface area (Å²) in [5.41, 5.74) is 2.45. The molecule has 6 heteroatoms. The maximum absolute atomic E-state index is 12.9. The van der Waals surface area contributed by atoms with Crippen molar-refractivity contribution in [1.29, 1.82) is 0 Å². The molecule has 0 bridgehead atoms. The first-order valence-electron chi connectivity index (χ1n) is 8.90. The van der Waals surface area contributed by atoms with Crippen molar-refractivity contribution in [2.24, 2.45) is 0 Å². The minimum Gasteiger partial charge on any atom is -0.296 e. The molecular weight excluding hydrogens is 352 g/mol. The van der Waals surface area contributed by atoms with Crippen LogP contribution in [-0.4, -0.2) is 43.3 Å². The fraction of sp³-hybridized carbons (Fsp3) is 0.474. The Labute approximate surface area is 154 Å². The third kappa shape index (κ3) is 3.40. The Hall–Kier alpha value is -1.21. The molecule has 0 amide bonds. The van der Waals surface area contributed by atoms with E-state index in [1.807, 2.05) is 30.4 Å². The molecule has 0 N–H and O–H groups in total. The number of sulfonamides is 1. The third-order valence-electron chi connectivity index (χ3n) is 5.40. The van der Waals surface area contributed by atoms with Crippen LogP contribution in [0.3, 0.4) is 0 Å². The van der Waals surface area contributed by atoms with Gasteiger partial charge in [0.15, 0.2) is 0 Å².